The maximum Gasteiger partial charge on any atom is 0.412 e. The van der Waals surface area contributed by atoms with E-state index >= 15 is 0 Å². The molecule has 0 bridgehead atoms. The Labute approximate surface area is 220 Å². The van der Waals surface area contributed by atoms with Crippen LogP contribution >= 0.6 is 0 Å². The number of benzene rings is 1. The molecule has 0 radical (unpaired) electrons. The molecular formula is C28H42N4O5. The van der Waals surface area contributed by atoms with Gasteiger partial charge >= 0.3 is 12.1 Å². The van der Waals surface area contributed by atoms with E-state index in [1.807, 2.05) is 77.9 Å². The number of esters is 1. The van der Waals surface area contributed by atoms with Crippen molar-refractivity contribution in [1.29, 1.82) is 0 Å². The van der Waals surface area contributed by atoms with E-state index in [1.165, 1.54) is 7.05 Å². The van der Waals surface area contributed by atoms with Crippen LogP contribution in [0.2, 0.25) is 0 Å². The lowest BCUT2D eigenvalue weighted by molar-refractivity contribution is -0.174. The van der Waals surface area contributed by atoms with Gasteiger partial charge in [0.1, 0.15) is 22.6 Å². The Morgan fingerprint density at radius 3 is 2.22 bits per heavy atom. The van der Waals surface area contributed by atoms with Gasteiger partial charge in [0.2, 0.25) is 0 Å². The Hall–Kier alpha value is -3.17. The van der Waals surface area contributed by atoms with Crippen LogP contribution in [0.5, 0.6) is 5.75 Å². The minimum atomic E-state index is -1.09. The number of carbonyl (C=O) groups is 2. The Bertz CT molecular complexity index is 1100. The highest BCUT2D eigenvalue weighted by atomic mass is 16.6. The average molecular weight is 515 g/mol. The van der Waals surface area contributed by atoms with Crippen LogP contribution in [0.1, 0.15) is 53.5 Å². The fourth-order valence-electron chi connectivity index (χ4n) is 4.04. The SMILES string of the molecule is CC(C)CC(C)(C(=O)OC(C)(C)C)C(N)Oc1ccc(-c2ccnc(N(C)C(=O)O)c2)cc1CN(C)C. The third-order valence-corrected chi connectivity index (χ3v) is 5.84. The first kappa shape index (κ1) is 30.1. The van der Waals surface area contributed by atoms with Crippen molar-refractivity contribution in [3.05, 3.63) is 42.1 Å². The molecule has 1 aromatic heterocycles. The lowest BCUT2D eigenvalue weighted by atomic mass is 9.80. The first-order valence-electron chi connectivity index (χ1n) is 12.4. The number of carbonyl (C=O) groups excluding carboxylic acids is 1. The highest BCUT2D eigenvalue weighted by molar-refractivity contribution is 5.85. The van der Waals surface area contributed by atoms with Gasteiger partial charge < -0.3 is 19.5 Å². The number of anilines is 1. The van der Waals surface area contributed by atoms with Crippen molar-refractivity contribution >= 4 is 17.9 Å². The zero-order valence-corrected chi connectivity index (χ0v) is 23.5. The molecule has 0 aliphatic carbocycles. The minimum Gasteiger partial charge on any atom is -0.474 e. The summed E-state index contributed by atoms with van der Waals surface area (Å²) in [6.07, 6.45) is 0.0494. The second-order valence-electron chi connectivity index (χ2n) is 11.4. The predicted molar refractivity (Wildman–Crippen MR) is 146 cm³/mol. The number of nitrogens with two attached hydrogens (primary N) is 1. The smallest absolute Gasteiger partial charge is 0.412 e. The van der Waals surface area contributed by atoms with E-state index in [2.05, 4.69) is 4.98 Å². The summed E-state index contributed by atoms with van der Waals surface area (Å²) in [4.78, 5) is 31.8. The summed E-state index contributed by atoms with van der Waals surface area (Å²) < 4.78 is 12.0. The fraction of sp³-hybridized carbons (Fsp3) is 0.536. The van der Waals surface area contributed by atoms with E-state index in [-0.39, 0.29) is 11.9 Å². The van der Waals surface area contributed by atoms with E-state index in [1.54, 1.807) is 19.2 Å². The predicted octanol–water partition coefficient (Wildman–Crippen LogP) is 4.98. The second kappa shape index (κ2) is 11.9. The minimum absolute atomic E-state index is 0.195. The lowest BCUT2D eigenvalue weighted by Crippen LogP contribution is -2.52. The van der Waals surface area contributed by atoms with Crippen molar-refractivity contribution in [2.75, 3.05) is 26.0 Å². The lowest BCUT2D eigenvalue weighted by Gasteiger charge is -2.37. The molecule has 0 aliphatic heterocycles. The van der Waals surface area contributed by atoms with Crippen LogP contribution in [0, 0.1) is 11.3 Å². The number of aromatic nitrogens is 1. The maximum atomic E-state index is 13.2. The molecule has 0 aliphatic rings. The number of amides is 1. The van der Waals surface area contributed by atoms with Crippen LogP contribution in [-0.4, -0.2) is 60.0 Å². The van der Waals surface area contributed by atoms with Gasteiger partial charge in [-0.05, 0) is 89.5 Å². The van der Waals surface area contributed by atoms with Crippen LogP contribution in [0.25, 0.3) is 11.1 Å². The van der Waals surface area contributed by atoms with Gasteiger partial charge in [0, 0.05) is 25.4 Å². The van der Waals surface area contributed by atoms with Crippen molar-refractivity contribution in [3.8, 4) is 16.9 Å². The third kappa shape index (κ3) is 8.16. The highest BCUT2D eigenvalue weighted by Crippen LogP contribution is 2.36. The summed E-state index contributed by atoms with van der Waals surface area (Å²) in [6.45, 7) is 11.9. The van der Waals surface area contributed by atoms with Crippen LogP contribution in [0.3, 0.4) is 0 Å². The monoisotopic (exact) mass is 514 g/mol. The number of hydrogen-bond acceptors (Lipinski definition) is 7. The molecule has 0 saturated heterocycles. The van der Waals surface area contributed by atoms with Crippen LogP contribution in [-0.2, 0) is 16.1 Å². The molecule has 3 N–H and O–H groups in total. The largest absolute Gasteiger partial charge is 0.474 e. The topological polar surface area (TPSA) is 118 Å². The van der Waals surface area contributed by atoms with Gasteiger partial charge in [-0.15, -0.1) is 0 Å². The first-order valence-corrected chi connectivity index (χ1v) is 12.4. The average Bonchev–Trinajstić information content (AvgIpc) is 2.77. The molecule has 37 heavy (non-hydrogen) atoms. The molecule has 0 fully saturated rings. The van der Waals surface area contributed by atoms with Gasteiger partial charge in [-0.3, -0.25) is 15.4 Å². The van der Waals surface area contributed by atoms with E-state index in [0.29, 0.717) is 24.5 Å². The number of carboxylic acid groups (broad SMARTS) is 1. The van der Waals surface area contributed by atoms with Gasteiger partial charge in [0.05, 0.1) is 0 Å². The normalized spacial score (nSPS) is 14.3. The van der Waals surface area contributed by atoms with Gasteiger partial charge in [-0.2, -0.15) is 0 Å². The van der Waals surface area contributed by atoms with Crippen molar-refractivity contribution in [2.24, 2.45) is 17.1 Å². The first-order chi connectivity index (χ1) is 17.0. The summed E-state index contributed by atoms with van der Waals surface area (Å²) in [6, 6.07) is 9.24. The van der Waals surface area contributed by atoms with E-state index in [9.17, 15) is 14.7 Å². The second-order valence-corrected chi connectivity index (χ2v) is 11.4. The molecule has 2 aromatic rings. The maximum absolute atomic E-state index is 13.2. The summed E-state index contributed by atoms with van der Waals surface area (Å²) in [5, 5.41) is 9.30. The van der Waals surface area contributed by atoms with Crippen LogP contribution < -0.4 is 15.4 Å². The van der Waals surface area contributed by atoms with Gasteiger partial charge in [-0.25, -0.2) is 9.78 Å². The van der Waals surface area contributed by atoms with Crippen molar-refractivity contribution in [1.82, 2.24) is 9.88 Å². The van der Waals surface area contributed by atoms with Crippen molar-refractivity contribution in [2.45, 2.75) is 66.3 Å². The molecule has 1 heterocycles. The standard InChI is InChI=1S/C28H42N4O5/c1-18(2)16-28(6,25(33)37-27(3,4)5)24(29)36-22-11-10-19(14-21(22)17-31(7)8)20-12-13-30-23(15-20)32(9)26(34)35/h10-15,18,24H,16-17,29H2,1-9H3,(H,34,35). The van der Waals surface area contributed by atoms with E-state index in [0.717, 1.165) is 21.6 Å². The summed E-state index contributed by atoms with van der Waals surface area (Å²) in [7, 11) is 5.35. The Morgan fingerprint density at radius 2 is 1.68 bits per heavy atom. The molecule has 2 rings (SSSR count). The molecule has 9 nitrogen and oxygen atoms in total. The molecule has 2 atom stereocenters. The summed E-state index contributed by atoms with van der Waals surface area (Å²) in [5.41, 5.74) is 7.43. The summed E-state index contributed by atoms with van der Waals surface area (Å²) in [5.74, 6) is 0.697. The molecule has 1 aromatic carbocycles. The summed E-state index contributed by atoms with van der Waals surface area (Å²) >= 11 is 0. The van der Waals surface area contributed by atoms with Crippen molar-refractivity contribution in [3.63, 3.8) is 0 Å². The highest BCUT2D eigenvalue weighted by Gasteiger charge is 2.45. The van der Waals surface area contributed by atoms with Crippen molar-refractivity contribution < 1.29 is 24.2 Å². The van der Waals surface area contributed by atoms with E-state index in [4.69, 9.17) is 15.2 Å². The third-order valence-electron chi connectivity index (χ3n) is 5.84. The molecule has 0 saturated carbocycles. The molecule has 9 heteroatoms. The van der Waals surface area contributed by atoms with Gasteiger partial charge in [0.25, 0.3) is 0 Å². The molecular weight excluding hydrogens is 472 g/mol. The van der Waals surface area contributed by atoms with Gasteiger partial charge in [-0.1, -0.05) is 19.9 Å². The Balaban J connectivity index is 2.46. The Morgan fingerprint density at radius 1 is 1.05 bits per heavy atom. The number of nitrogens with zero attached hydrogens (tertiary/aromatic N) is 3. The zero-order chi connectivity index (χ0) is 28.1. The fourth-order valence-corrected chi connectivity index (χ4v) is 4.04. The molecule has 1 amide bonds. The number of ether oxygens (including phenoxy) is 2. The number of hydrogen-bond donors (Lipinski definition) is 2. The van der Waals surface area contributed by atoms with Crippen LogP contribution in [0.4, 0.5) is 10.6 Å². The van der Waals surface area contributed by atoms with Crippen LogP contribution in [0.15, 0.2) is 36.5 Å². The number of pyridine rings is 1. The molecule has 204 valence electrons. The number of rotatable bonds is 10. The molecule has 2 unspecified atom stereocenters. The Kier molecular flexibility index (Phi) is 9.68. The van der Waals surface area contributed by atoms with Gasteiger partial charge in [0.15, 0.2) is 6.23 Å². The molecule has 0 spiro atoms. The zero-order valence-electron chi connectivity index (χ0n) is 23.5. The van der Waals surface area contributed by atoms with E-state index < -0.39 is 23.3 Å². The quantitative estimate of drug-likeness (QED) is 0.337.